The second-order valence-corrected chi connectivity index (χ2v) is 3.51. The van der Waals surface area contributed by atoms with E-state index in [0.29, 0.717) is 0 Å². The number of β-amino-alcohol motifs (C(OH)–C–C–N with tert-alkyl or cyclic N) is 1. The number of hydrogen-bond acceptors (Lipinski definition) is 3. The van der Waals surface area contributed by atoms with Crippen molar-refractivity contribution in [3.8, 4) is 0 Å². The van der Waals surface area contributed by atoms with Gasteiger partial charge in [0.25, 0.3) is 0 Å². The van der Waals surface area contributed by atoms with Crippen molar-refractivity contribution in [2.45, 2.75) is 32.2 Å². The fraction of sp³-hybridized carbons (Fsp3) is 1.00. The lowest BCUT2D eigenvalue weighted by molar-refractivity contribution is -0.0394. The normalized spacial score (nSPS) is 33.5. The SMILES string of the molecule is CC(C)O[C@@H]1CN(C)C[C@@H]1O. The number of ether oxygens (including phenoxy) is 1. The fourth-order valence-electron chi connectivity index (χ4n) is 1.42. The molecule has 0 aliphatic carbocycles. The summed E-state index contributed by atoms with van der Waals surface area (Å²) in [6.07, 6.45) is -0.0800. The highest BCUT2D eigenvalue weighted by Crippen LogP contribution is 2.12. The smallest absolute Gasteiger partial charge is 0.0976 e. The van der Waals surface area contributed by atoms with Crippen LogP contribution in [-0.4, -0.2) is 48.5 Å². The number of aliphatic hydroxyl groups is 1. The van der Waals surface area contributed by atoms with Crippen LogP contribution in [0, 0.1) is 0 Å². The molecule has 1 aliphatic rings. The molecule has 0 bridgehead atoms. The van der Waals surface area contributed by atoms with Crippen LogP contribution < -0.4 is 0 Å². The second-order valence-electron chi connectivity index (χ2n) is 3.51. The van der Waals surface area contributed by atoms with E-state index in [0.717, 1.165) is 13.1 Å². The van der Waals surface area contributed by atoms with Gasteiger partial charge in [-0.25, -0.2) is 0 Å². The van der Waals surface area contributed by atoms with E-state index in [9.17, 15) is 5.11 Å². The lowest BCUT2D eigenvalue weighted by Gasteiger charge is -2.17. The molecule has 3 heteroatoms. The predicted molar refractivity (Wildman–Crippen MR) is 43.5 cm³/mol. The van der Waals surface area contributed by atoms with Crippen LogP contribution in [0.25, 0.3) is 0 Å². The van der Waals surface area contributed by atoms with Gasteiger partial charge in [-0.2, -0.15) is 0 Å². The van der Waals surface area contributed by atoms with Gasteiger partial charge in [-0.15, -0.1) is 0 Å². The van der Waals surface area contributed by atoms with Crippen LogP contribution in [0.5, 0.6) is 0 Å². The molecule has 66 valence electrons. The summed E-state index contributed by atoms with van der Waals surface area (Å²) in [6.45, 7) is 5.56. The quantitative estimate of drug-likeness (QED) is 0.619. The Labute approximate surface area is 68.0 Å². The van der Waals surface area contributed by atoms with Crippen LogP contribution in [0.3, 0.4) is 0 Å². The average Bonchev–Trinajstić information content (AvgIpc) is 2.09. The van der Waals surface area contributed by atoms with Gasteiger partial charge in [-0.3, -0.25) is 0 Å². The average molecular weight is 159 g/mol. The summed E-state index contributed by atoms with van der Waals surface area (Å²) < 4.78 is 5.50. The van der Waals surface area contributed by atoms with Crippen molar-refractivity contribution in [1.29, 1.82) is 0 Å². The molecule has 1 aliphatic heterocycles. The van der Waals surface area contributed by atoms with Crippen molar-refractivity contribution < 1.29 is 9.84 Å². The molecule has 0 aromatic carbocycles. The lowest BCUT2D eigenvalue weighted by Crippen LogP contribution is -2.29. The highest BCUT2D eigenvalue weighted by atomic mass is 16.5. The first-order valence-electron chi connectivity index (χ1n) is 4.11. The van der Waals surface area contributed by atoms with E-state index in [-0.39, 0.29) is 18.3 Å². The third-order valence-electron chi connectivity index (χ3n) is 1.87. The zero-order valence-corrected chi connectivity index (χ0v) is 7.45. The molecule has 1 N–H and O–H groups in total. The highest BCUT2D eigenvalue weighted by Gasteiger charge is 2.30. The molecule has 0 saturated carbocycles. The first-order valence-corrected chi connectivity index (χ1v) is 4.11. The van der Waals surface area contributed by atoms with Crippen LogP contribution in [0.4, 0.5) is 0 Å². The number of likely N-dealkylation sites (tertiary alicyclic amines) is 1. The number of aliphatic hydroxyl groups excluding tert-OH is 1. The minimum absolute atomic E-state index is 0.0139. The summed E-state index contributed by atoms with van der Waals surface area (Å²) in [4.78, 5) is 2.08. The van der Waals surface area contributed by atoms with Gasteiger partial charge in [0.2, 0.25) is 0 Å². The highest BCUT2D eigenvalue weighted by molar-refractivity contribution is 4.82. The van der Waals surface area contributed by atoms with Crippen molar-refractivity contribution in [1.82, 2.24) is 4.90 Å². The third-order valence-corrected chi connectivity index (χ3v) is 1.87. The Hall–Kier alpha value is -0.120. The van der Waals surface area contributed by atoms with Crippen molar-refractivity contribution in [3.05, 3.63) is 0 Å². The predicted octanol–water partition coefficient (Wildman–Crippen LogP) is 0.0863. The van der Waals surface area contributed by atoms with E-state index in [4.69, 9.17) is 4.74 Å². The first kappa shape index (κ1) is 8.97. The molecule has 0 unspecified atom stereocenters. The van der Waals surface area contributed by atoms with Gasteiger partial charge in [0.15, 0.2) is 0 Å². The standard InChI is InChI=1S/C8H17NO2/c1-6(2)11-8-5-9(3)4-7(8)10/h6-8,10H,4-5H2,1-3H3/t7-,8+/m0/s1. The van der Waals surface area contributed by atoms with E-state index in [2.05, 4.69) is 4.90 Å². The zero-order valence-electron chi connectivity index (χ0n) is 7.45. The van der Waals surface area contributed by atoms with Gasteiger partial charge in [0, 0.05) is 13.1 Å². The zero-order chi connectivity index (χ0) is 8.43. The largest absolute Gasteiger partial charge is 0.389 e. The summed E-state index contributed by atoms with van der Waals surface area (Å²) >= 11 is 0. The Morgan fingerprint density at radius 3 is 2.45 bits per heavy atom. The molecule has 0 radical (unpaired) electrons. The Kier molecular flexibility index (Phi) is 2.87. The van der Waals surface area contributed by atoms with Crippen LogP contribution in [0.1, 0.15) is 13.8 Å². The molecule has 3 nitrogen and oxygen atoms in total. The molecular weight excluding hydrogens is 142 g/mol. The molecule has 1 saturated heterocycles. The molecule has 0 spiro atoms. The summed E-state index contributed by atoms with van der Waals surface area (Å²) in [6, 6.07) is 0. The van der Waals surface area contributed by atoms with Crippen molar-refractivity contribution in [2.24, 2.45) is 0 Å². The molecule has 1 heterocycles. The molecule has 1 fully saturated rings. The van der Waals surface area contributed by atoms with Crippen LogP contribution in [0.15, 0.2) is 0 Å². The molecule has 11 heavy (non-hydrogen) atoms. The fourth-order valence-corrected chi connectivity index (χ4v) is 1.42. The van der Waals surface area contributed by atoms with Gasteiger partial charge in [0.05, 0.1) is 18.3 Å². The molecule has 1 rings (SSSR count). The molecule has 0 amide bonds. The van der Waals surface area contributed by atoms with Gasteiger partial charge in [0.1, 0.15) is 0 Å². The molecule has 0 aromatic heterocycles. The van der Waals surface area contributed by atoms with Gasteiger partial charge in [-0.1, -0.05) is 0 Å². The van der Waals surface area contributed by atoms with Crippen LogP contribution in [0.2, 0.25) is 0 Å². The first-order chi connectivity index (χ1) is 5.09. The van der Waals surface area contributed by atoms with E-state index in [1.807, 2.05) is 20.9 Å². The van der Waals surface area contributed by atoms with E-state index in [1.54, 1.807) is 0 Å². The molecule has 0 aromatic rings. The van der Waals surface area contributed by atoms with E-state index < -0.39 is 0 Å². The maximum Gasteiger partial charge on any atom is 0.0976 e. The Morgan fingerprint density at radius 1 is 1.45 bits per heavy atom. The van der Waals surface area contributed by atoms with Gasteiger partial charge < -0.3 is 14.7 Å². The third kappa shape index (κ3) is 2.43. The number of rotatable bonds is 2. The minimum Gasteiger partial charge on any atom is -0.389 e. The van der Waals surface area contributed by atoms with Crippen LogP contribution in [-0.2, 0) is 4.74 Å². The summed E-state index contributed by atoms with van der Waals surface area (Å²) in [5, 5.41) is 9.44. The Morgan fingerprint density at radius 2 is 2.09 bits per heavy atom. The van der Waals surface area contributed by atoms with Crippen molar-refractivity contribution in [3.63, 3.8) is 0 Å². The number of nitrogens with zero attached hydrogens (tertiary/aromatic N) is 1. The Balaban J connectivity index is 2.34. The number of likely N-dealkylation sites (N-methyl/N-ethyl adjacent to an activating group) is 1. The maximum atomic E-state index is 9.44. The van der Waals surface area contributed by atoms with E-state index >= 15 is 0 Å². The monoisotopic (exact) mass is 159 g/mol. The summed E-state index contributed by atoms with van der Waals surface area (Å²) in [5.41, 5.74) is 0. The van der Waals surface area contributed by atoms with Gasteiger partial charge in [-0.05, 0) is 20.9 Å². The van der Waals surface area contributed by atoms with Crippen LogP contribution >= 0.6 is 0 Å². The molecular formula is C8H17NO2. The maximum absolute atomic E-state index is 9.44. The summed E-state index contributed by atoms with van der Waals surface area (Å²) in [5.74, 6) is 0. The number of hydrogen-bond donors (Lipinski definition) is 1. The Bertz CT molecular complexity index is 127. The lowest BCUT2D eigenvalue weighted by atomic mass is 10.2. The summed E-state index contributed by atoms with van der Waals surface area (Å²) in [7, 11) is 1.99. The topological polar surface area (TPSA) is 32.7 Å². The van der Waals surface area contributed by atoms with E-state index in [1.165, 1.54) is 0 Å². The van der Waals surface area contributed by atoms with Crippen molar-refractivity contribution >= 4 is 0 Å². The molecule has 2 atom stereocenters. The van der Waals surface area contributed by atoms with Crippen molar-refractivity contribution in [2.75, 3.05) is 20.1 Å². The van der Waals surface area contributed by atoms with Gasteiger partial charge >= 0.3 is 0 Å². The minimum atomic E-state index is -0.303. The second kappa shape index (κ2) is 3.52.